The van der Waals surface area contributed by atoms with E-state index in [0.717, 1.165) is 40.0 Å². The Morgan fingerprint density at radius 3 is 0.442 bits per heavy atom. The Hall–Kier alpha value is -10.3. The zero-order valence-corrected chi connectivity index (χ0v) is 62.2. The average Bonchev–Trinajstić information content (AvgIpc) is 0.760. The SMILES string of the molecule is COc1ccc([S+](c2ccc(S(=O)(=O)c3ccccc3)cc2)c2ccc(S(=O)(=O)c3ccccc3)cc2)cc1.O=S(=O)(c1ccccc1)c1ccc([S+](c2ccccc2)c2ccc(S(=O)(=O)c3ccccc3)cc2)cc1.O=S(=O)(c1ccccc1)c1ccc([S+](c2ccccc2)c2ccccc2)cc1. The maximum Gasteiger partial charge on any atom is 0.206 e. The van der Waals surface area contributed by atoms with E-state index in [-0.39, 0.29) is 50.1 Å². The van der Waals surface area contributed by atoms with Crippen molar-refractivity contribution in [1.82, 2.24) is 0 Å². The monoisotopic (exact) mass is 1520 g/mol. The molecule has 104 heavy (non-hydrogen) atoms. The van der Waals surface area contributed by atoms with E-state index in [0.29, 0.717) is 9.79 Å². The van der Waals surface area contributed by atoms with Gasteiger partial charge in [-0.3, -0.25) is 0 Å². The Labute approximate surface area is 617 Å². The van der Waals surface area contributed by atoms with E-state index >= 15 is 0 Å². The van der Waals surface area contributed by atoms with Gasteiger partial charge in [-0.15, -0.1) is 0 Å². The predicted molar refractivity (Wildman–Crippen MR) is 410 cm³/mol. The molecule has 0 N–H and O–H groups in total. The molecule has 0 saturated carbocycles. The van der Waals surface area contributed by atoms with Crippen LogP contribution in [-0.4, -0.2) is 49.2 Å². The molecule has 0 radical (unpaired) electrons. The summed E-state index contributed by atoms with van der Waals surface area (Å²) in [5.74, 6) is 0.718. The number of hydrogen-bond acceptors (Lipinski definition) is 11. The number of hydrogen-bond donors (Lipinski definition) is 0. The van der Waals surface area contributed by atoms with E-state index in [2.05, 4.69) is 24.3 Å². The van der Waals surface area contributed by atoms with E-state index in [9.17, 15) is 42.1 Å². The standard InChI is InChI=1S/C31H25O5S3.C30H23O4S3.C24H19O2S2/c1-36-24-12-14-25(15-13-24)37(26-16-20-30(21-17-26)38(32,33)28-8-4-2-5-9-28)27-18-22-31(23-19-27)39(34,35)29-10-6-3-7-11-29;31-36(32,27-12-6-2-7-13-27)29-20-16-25(17-21-29)35(24-10-4-1-5-11-24)26-18-22-30(23-19-26)37(33,34)28-14-8-3-9-15-28;25-28(26,23-14-8-3-9-15-23)24-18-16-22(17-19-24)27(20-10-4-1-5-11-20)21-12-6-2-7-13-21/h2-23H,1H3;1-23H;1-19H/q3*+1. The molecule has 14 aromatic carbocycles. The third kappa shape index (κ3) is 16.8. The van der Waals surface area contributed by atoms with Gasteiger partial charge in [0.1, 0.15) is 5.75 Å². The van der Waals surface area contributed by atoms with Gasteiger partial charge in [0, 0.05) is 0 Å². The summed E-state index contributed by atoms with van der Waals surface area (Å²) in [6.07, 6.45) is 0. The van der Waals surface area contributed by atoms with Gasteiger partial charge in [-0.05, 0) is 243 Å². The lowest BCUT2D eigenvalue weighted by Crippen LogP contribution is -2.07. The van der Waals surface area contributed by atoms with Gasteiger partial charge in [-0.2, -0.15) is 0 Å². The van der Waals surface area contributed by atoms with Crippen molar-refractivity contribution in [2.45, 2.75) is 93.0 Å². The van der Waals surface area contributed by atoms with Gasteiger partial charge in [0.05, 0.1) is 88.7 Å². The quantitative estimate of drug-likeness (QED) is 0.0663. The Morgan fingerprint density at radius 1 is 0.163 bits per heavy atom. The molecule has 0 aliphatic rings. The molecule has 0 atom stereocenters. The Morgan fingerprint density at radius 2 is 0.288 bits per heavy atom. The van der Waals surface area contributed by atoms with Crippen LogP contribution in [0.25, 0.3) is 0 Å². The van der Waals surface area contributed by atoms with Gasteiger partial charge >= 0.3 is 0 Å². The van der Waals surface area contributed by atoms with Crippen molar-refractivity contribution in [1.29, 1.82) is 0 Å². The van der Waals surface area contributed by atoms with E-state index in [1.54, 1.807) is 213 Å². The molecule has 0 fully saturated rings. The fourth-order valence-electron chi connectivity index (χ4n) is 11.1. The Kier molecular flexibility index (Phi) is 23.3. The summed E-state index contributed by atoms with van der Waals surface area (Å²) >= 11 is 0. The Balaban J connectivity index is 0.000000149. The normalized spacial score (nSPS) is 11.8. The van der Waals surface area contributed by atoms with E-state index in [1.807, 2.05) is 158 Å². The van der Waals surface area contributed by atoms with Gasteiger partial charge in [0.15, 0.2) is 44.1 Å². The van der Waals surface area contributed by atoms with Crippen LogP contribution in [0, 0.1) is 0 Å². The average molecular weight is 1520 g/mol. The molecular weight excluding hydrogens is 1450 g/mol. The van der Waals surface area contributed by atoms with Crippen molar-refractivity contribution in [3.8, 4) is 5.75 Å². The maximum absolute atomic E-state index is 13.1. The molecule has 0 unspecified atom stereocenters. The molecular formula is C85H67O11S8+3. The van der Waals surface area contributed by atoms with Crippen LogP contribution in [0.3, 0.4) is 0 Å². The summed E-state index contributed by atoms with van der Waals surface area (Å²) < 4.78 is 136. The zero-order valence-electron chi connectivity index (χ0n) is 55.7. The van der Waals surface area contributed by atoms with Crippen molar-refractivity contribution < 1.29 is 46.8 Å². The predicted octanol–water partition coefficient (Wildman–Crippen LogP) is 18.5. The molecule has 518 valence electrons. The largest absolute Gasteiger partial charge is 0.497 e. The molecule has 11 nitrogen and oxygen atoms in total. The minimum atomic E-state index is -3.65. The summed E-state index contributed by atoms with van der Waals surface area (Å²) in [4.78, 5) is 11.6. The van der Waals surface area contributed by atoms with Crippen molar-refractivity contribution in [2.75, 3.05) is 7.11 Å². The molecule has 0 aliphatic heterocycles. The van der Waals surface area contributed by atoms with Crippen molar-refractivity contribution in [3.63, 3.8) is 0 Å². The number of benzene rings is 14. The molecule has 0 saturated heterocycles. The number of sulfone groups is 5. The Bertz CT molecular complexity index is 5490. The van der Waals surface area contributed by atoms with Crippen molar-refractivity contribution in [3.05, 3.63) is 388 Å². The molecule has 0 spiro atoms. The number of methoxy groups -OCH3 is 1. The summed E-state index contributed by atoms with van der Waals surface area (Å²) in [7, 11) is -17.9. The summed E-state index contributed by atoms with van der Waals surface area (Å²) in [5.41, 5.74) is 0. The van der Waals surface area contributed by atoms with Gasteiger partial charge in [0.25, 0.3) is 0 Å². The highest BCUT2D eigenvalue weighted by molar-refractivity contribution is 7.98. The lowest BCUT2D eigenvalue weighted by molar-refractivity contribution is 0.414. The maximum atomic E-state index is 13.1. The smallest absolute Gasteiger partial charge is 0.206 e. The molecule has 19 heteroatoms. The molecule has 14 aromatic rings. The van der Waals surface area contributed by atoms with E-state index in [1.165, 1.54) is 9.79 Å². The lowest BCUT2D eigenvalue weighted by Gasteiger charge is -2.11. The first-order valence-corrected chi connectivity index (χ1v) is 43.5. The molecule has 14 rings (SSSR count). The molecule has 0 bridgehead atoms. The summed E-state index contributed by atoms with van der Waals surface area (Å²) in [6, 6.07) is 115. The third-order valence-corrected chi connectivity index (χ3v) is 32.0. The van der Waals surface area contributed by atoms with Crippen LogP contribution in [0.15, 0.2) is 481 Å². The van der Waals surface area contributed by atoms with Crippen LogP contribution >= 0.6 is 0 Å². The number of rotatable bonds is 20. The van der Waals surface area contributed by atoms with Crippen LogP contribution in [0.1, 0.15) is 0 Å². The second-order valence-corrected chi connectivity index (χ2v) is 38.8. The highest BCUT2D eigenvalue weighted by Crippen LogP contribution is 2.38. The first-order valence-electron chi connectivity index (χ1n) is 32.4. The van der Waals surface area contributed by atoms with Gasteiger partial charge in [0.2, 0.25) is 49.2 Å². The van der Waals surface area contributed by atoms with Gasteiger partial charge in [-0.1, -0.05) is 146 Å². The fourth-order valence-corrected chi connectivity index (χ4v) is 23.7. The molecule has 0 aromatic heterocycles. The molecule has 0 amide bonds. The topological polar surface area (TPSA) is 180 Å². The first kappa shape index (κ1) is 73.4. The third-order valence-electron chi connectivity index (χ3n) is 16.3. The fraction of sp³-hybridized carbons (Fsp3) is 0.0118. The highest BCUT2D eigenvalue weighted by Gasteiger charge is 2.34. The number of ether oxygens (including phenoxy) is 1. The first-order chi connectivity index (χ1) is 50.3. The molecule has 0 aliphatic carbocycles. The van der Waals surface area contributed by atoms with Crippen molar-refractivity contribution in [2.24, 2.45) is 0 Å². The van der Waals surface area contributed by atoms with Crippen LogP contribution in [-0.2, 0) is 81.9 Å². The van der Waals surface area contributed by atoms with Gasteiger partial charge < -0.3 is 4.74 Å². The second kappa shape index (κ2) is 33.0. The van der Waals surface area contributed by atoms with Crippen molar-refractivity contribution >= 4 is 81.9 Å². The minimum absolute atomic E-state index is 0.208. The second-order valence-electron chi connectivity index (χ2n) is 23.0. The summed E-state index contributed by atoms with van der Waals surface area (Å²) in [6.45, 7) is 0. The summed E-state index contributed by atoms with van der Waals surface area (Å²) in [5, 5.41) is 0. The van der Waals surface area contributed by atoms with Crippen LogP contribution < -0.4 is 4.74 Å². The highest BCUT2D eigenvalue weighted by atomic mass is 32.2. The van der Waals surface area contributed by atoms with E-state index in [4.69, 9.17) is 4.74 Å². The zero-order chi connectivity index (χ0) is 72.7. The molecule has 0 heterocycles. The van der Waals surface area contributed by atoms with Gasteiger partial charge in [-0.25, -0.2) is 42.1 Å². The van der Waals surface area contributed by atoms with E-state index < -0.39 is 71.0 Å². The van der Waals surface area contributed by atoms with Crippen LogP contribution in [0.2, 0.25) is 0 Å². The minimum Gasteiger partial charge on any atom is -0.497 e. The van der Waals surface area contributed by atoms with Crippen LogP contribution in [0.4, 0.5) is 0 Å². The lowest BCUT2D eigenvalue weighted by atomic mass is 10.3. The van der Waals surface area contributed by atoms with Crippen LogP contribution in [0.5, 0.6) is 5.75 Å².